The van der Waals surface area contributed by atoms with E-state index in [1.54, 1.807) is 18.3 Å². The van der Waals surface area contributed by atoms with Gasteiger partial charge in [0.15, 0.2) is 6.61 Å². The minimum atomic E-state index is -4.81. The molecule has 0 fully saturated rings. The molecule has 2 heterocycles. The summed E-state index contributed by atoms with van der Waals surface area (Å²) >= 11 is 0. The van der Waals surface area contributed by atoms with Gasteiger partial charge in [0.25, 0.3) is 5.89 Å². The van der Waals surface area contributed by atoms with Crippen LogP contribution < -0.4 is 4.74 Å². The van der Waals surface area contributed by atoms with Crippen molar-refractivity contribution in [2.75, 3.05) is 0 Å². The largest absolute Gasteiger partial charge is 0.482 e. The second kappa shape index (κ2) is 6.26. The van der Waals surface area contributed by atoms with Crippen molar-refractivity contribution in [1.82, 2.24) is 15.1 Å². The van der Waals surface area contributed by atoms with Crippen LogP contribution in [0.2, 0.25) is 0 Å². The van der Waals surface area contributed by atoms with Crippen LogP contribution in [-0.4, -0.2) is 15.1 Å². The molecule has 0 atom stereocenters. The Morgan fingerprint density at radius 1 is 1.17 bits per heavy atom. The molecule has 0 radical (unpaired) electrons. The van der Waals surface area contributed by atoms with E-state index in [2.05, 4.69) is 15.1 Å². The van der Waals surface area contributed by atoms with Gasteiger partial charge < -0.3 is 9.26 Å². The number of hydrogen-bond acceptors (Lipinski definition) is 5. The van der Waals surface area contributed by atoms with Gasteiger partial charge >= 0.3 is 6.18 Å². The maximum Gasteiger partial charge on any atom is 0.419 e. The van der Waals surface area contributed by atoms with Gasteiger partial charge in [-0.2, -0.15) is 18.2 Å². The first-order valence-electron chi connectivity index (χ1n) is 6.66. The SMILES string of the molecule is Fc1ccc(-c2noc(COc3cccnc3)n2)cc1C(F)(F)F. The normalized spacial score (nSPS) is 11.5. The second-order valence-electron chi connectivity index (χ2n) is 4.68. The van der Waals surface area contributed by atoms with Gasteiger partial charge in [-0.25, -0.2) is 4.39 Å². The molecular weight excluding hydrogens is 330 g/mol. The number of hydrogen-bond donors (Lipinski definition) is 0. The molecule has 24 heavy (non-hydrogen) atoms. The summed E-state index contributed by atoms with van der Waals surface area (Å²) < 4.78 is 61.7. The lowest BCUT2D eigenvalue weighted by Crippen LogP contribution is -2.08. The molecular formula is C15H9F4N3O2. The van der Waals surface area contributed by atoms with Crippen LogP contribution in [0.1, 0.15) is 11.5 Å². The molecule has 0 saturated heterocycles. The van der Waals surface area contributed by atoms with Crippen molar-refractivity contribution in [3.63, 3.8) is 0 Å². The Morgan fingerprint density at radius 2 is 2.00 bits per heavy atom. The van der Waals surface area contributed by atoms with Gasteiger partial charge in [0.1, 0.15) is 11.6 Å². The Kier molecular flexibility index (Phi) is 4.15. The van der Waals surface area contributed by atoms with Crippen molar-refractivity contribution in [3.05, 3.63) is 60.0 Å². The summed E-state index contributed by atoms with van der Waals surface area (Å²) in [6, 6.07) is 5.82. The first-order valence-corrected chi connectivity index (χ1v) is 6.66. The Bertz CT molecular complexity index is 834. The van der Waals surface area contributed by atoms with Crippen LogP contribution in [0.5, 0.6) is 5.75 Å². The molecule has 0 spiro atoms. The van der Waals surface area contributed by atoms with Gasteiger partial charge in [-0.05, 0) is 30.3 Å². The zero-order valence-electron chi connectivity index (χ0n) is 11.9. The molecule has 3 aromatic rings. The van der Waals surface area contributed by atoms with Gasteiger partial charge in [-0.15, -0.1) is 0 Å². The number of halogens is 4. The van der Waals surface area contributed by atoms with Gasteiger partial charge in [0, 0.05) is 11.8 Å². The lowest BCUT2D eigenvalue weighted by molar-refractivity contribution is -0.139. The van der Waals surface area contributed by atoms with E-state index in [9.17, 15) is 17.6 Å². The third-order valence-corrected chi connectivity index (χ3v) is 2.99. The average Bonchev–Trinajstić information content (AvgIpc) is 3.02. The number of benzene rings is 1. The monoisotopic (exact) mass is 339 g/mol. The van der Waals surface area contributed by atoms with Crippen molar-refractivity contribution in [1.29, 1.82) is 0 Å². The minimum absolute atomic E-state index is 0.0138. The Balaban J connectivity index is 1.78. The van der Waals surface area contributed by atoms with E-state index in [4.69, 9.17) is 9.26 Å². The van der Waals surface area contributed by atoms with E-state index in [1.165, 1.54) is 6.20 Å². The number of pyridine rings is 1. The standard InChI is InChI=1S/C15H9F4N3O2/c16-12-4-3-9(6-11(12)15(17,18)19)14-21-13(24-22-14)8-23-10-2-1-5-20-7-10/h1-7H,8H2. The highest BCUT2D eigenvalue weighted by Crippen LogP contribution is 2.33. The predicted octanol–water partition coefficient (Wildman–Crippen LogP) is 3.87. The molecule has 5 nitrogen and oxygen atoms in total. The maximum atomic E-state index is 13.3. The van der Waals surface area contributed by atoms with Crippen LogP contribution >= 0.6 is 0 Å². The van der Waals surface area contributed by atoms with Crippen molar-refractivity contribution in [2.45, 2.75) is 12.8 Å². The minimum Gasteiger partial charge on any atom is -0.482 e. The summed E-state index contributed by atoms with van der Waals surface area (Å²) in [5, 5.41) is 3.58. The molecule has 0 aliphatic rings. The lowest BCUT2D eigenvalue weighted by atomic mass is 10.1. The predicted molar refractivity (Wildman–Crippen MR) is 73.3 cm³/mol. The van der Waals surface area contributed by atoms with E-state index in [0.29, 0.717) is 17.9 Å². The van der Waals surface area contributed by atoms with Crippen LogP contribution in [0.3, 0.4) is 0 Å². The van der Waals surface area contributed by atoms with Crippen LogP contribution in [-0.2, 0) is 12.8 Å². The van der Waals surface area contributed by atoms with Crippen LogP contribution in [0, 0.1) is 5.82 Å². The van der Waals surface area contributed by atoms with Gasteiger partial charge in [-0.3, -0.25) is 4.98 Å². The van der Waals surface area contributed by atoms with E-state index < -0.39 is 17.6 Å². The molecule has 1 aromatic carbocycles. The molecule has 9 heteroatoms. The molecule has 124 valence electrons. The number of rotatable bonds is 4. The van der Waals surface area contributed by atoms with Crippen molar-refractivity contribution >= 4 is 0 Å². The Hall–Kier alpha value is -2.97. The summed E-state index contributed by atoms with van der Waals surface area (Å²) in [6.45, 7) is -0.0774. The number of nitrogens with zero attached hydrogens (tertiary/aromatic N) is 3. The fourth-order valence-electron chi connectivity index (χ4n) is 1.89. The zero-order valence-corrected chi connectivity index (χ0v) is 11.9. The lowest BCUT2D eigenvalue weighted by Gasteiger charge is -2.08. The summed E-state index contributed by atoms with van der Waals surface area (Å²) in [7, 11) is 0. The molecule has 3 rings (SSSR count). The van der Waals surface area contributed by atoms with E-state index in [1.807, 2.05) is 0 Å². The molecule has 2 aromatic heterocycles. The maximum absolute atomic E-state index is 13.3. The van der Waals surface area contributed by atoms with Gasteiger partial charge in [-0.1, -0.05) is 5.16 Å². The quantitative estimate of drug-likeness (QED) is 0.675. The van der Waals surface area contributed by atoms with Crippen LogP contribution in [0.15, 0.2) is 47.2 Å². The first kappa shape index (κ1) is 15.9. The molecule has 0 aliphatic carbocycles. The summed E-state index contributed by atoms with van der Waals surface area (Å²) in [6.07, 6.45) is -1.76. The first-order chi connectivity index (χ1) is 11.4. The van der Waals surface area contributed by atoms with E-state index >= 15 is 0 Å². The molecule has 0 bridgehead atoms. The number of ether oxygens (including phenoxy) is 1. The smallest absolute Gasteiger partial charge is 0.419 e. The van der Waals surface area contributed by atoms with E-state index in [-0.39, 0.29) is 23.9 Å². The molecule has 0 aliphatic heterocycles. The number of aromatic nitrogens is 3. The van der Waals surface area contributed by atoms with Crippen LogP contribution in [0.4, 0.5) is 17.6 Å². The average molecular weight is 339 g/mol. The van der Waals surface area contributed by atoms with Crippen LogP contribution in [0.25, 0.3) is 11.4 Å². The Morgan fingerprint density at radius 3 is 2.71 bits per heavy atom. The molecule has 0 amide bonds. The number of alkyl halides is 3. The fourth-order valence-corrected chi connectivity index (χ4v) is 1.89. The highest BCUT2D eigenvalue weighted by Gasteiger charge is 2.34. The molecule has 0 saturated carbocycles. The van der Waals surface area contributed by atoms with Crippen molar-refractivity contribution < 1.29 is 26.8 Å². The molecule has 0 unspecified atom stereocenters. The second-order valence-corrected chi connectivity index (χ2v) is 4.68. The van der Waals surface area contributed by atoms with Gasteiger partial charge in [0.2, 0.25) is 5.82 Å². The topological polar surface area (TPSA) is 61.0 Å². The summed E-state index contributed by atoms with van der Waals surface area (Å²) in [5.74, 6) is -0.926. The van der Waals surface area contributed by atoms with Crippen molar-refractivity contribution in [3.8, 4) is 17.1 Å². The van der Waals surface area contributed by atoms with Gasteiger partial charge in [0.05, 0.1) is 11.8 Å². The third kappa shape index (κ3) is 3.50. The van der Waals surface area contributed by atoms with E-state index in [0.717, 1.165) is 6.07 Å². The zero-order chi connectivity index (χ0) is 17.2. The Labute approximate surface area is 132 Å². The highest BCUT2D eigenvalue weighted by molar-refractivity contribution is 5.56. The third-order valence-electron chi connectivity index (χ3n) is 2.99. The fraction of sp³-hybridized carbons (Fsp3) is 0.133. The molecule has 0 N–H and O–H groups in total. The highest BCUT2D eigenvalue weighted by atomic mass is 19.4. The summed E-state index contributed by atoms with van der Waals surface area (Å²) in [5.41, 5.74) is -1.40. The van der Waals surface area contributed by atoms with Crippen molar-refractivity contribution in [2.24, 2.45) is 0 Å². The summed E-state index contributed by atoms with van der Waals surface area (Å²) in [4.78, 5) is 7.79.